The molecule has 0 aliphatic carbocycles. The fourth-order valence-corrected chi connectivity index (χ4v) is 3.90. The molecular formula is C19H21N3OS2. The molecule has 1 amide bonds. The van der Waals surface area contributed by atoms with Crippen LogP contribution in [0, 0.1) is 0 Å². The number of rotatable bonds is 6. The molecule has 1 aromatic heterocycles. The Labute approximate surface area is 156 Å². The van der Waals surface area contributed by atoms with Crippen molar-refractivity contribution >= 4 is 44.4 Å². The molecule has 25 heavy (non-hydrogen) atoms. The van der Waals surface area contributed by atoms with Crippen molar-refractivity contribution < 1.29 is 4.79 Å². The van der Waals surface area contributed by atoms with E-state index in [9.17, 15) is 4.79 Å². The van der Waals surface area contributed by atoms with Crippen molar-refractivity contribution in [3.63, 3.8) is 0 Å². The van der Waals surface area contributed by atoms with Gasteiger partial charge in [0.1, 0.15) is 0 Å². The summed E-state index contributed by atoms with van der Waals surface area (Å²) in [6.07, 6.45) is 2.07. The zero-order valence-corrected chi connectivity index (χ0v) is 16.2. The van der Waals surface area contributed by atoms with Gasteiger partial charge in [-0.05, 0) is 43.1 Å². The standard InChI is InChI=1S/C19H21N3OS2/c1-21(12-14-8-10-15(24-3)11-9-14)13-18(23)22(2)19-20-16-6-4-5-7-17(16)25-19/h4-11H,12-13H2,1-3H3. The van der Waals surface area contributed by atoms with Gasteiger partial charge in [0.2, 0.25) is 5.91 Å². The van der Waals surface area contributed by atoms with Gasteiger partial charge in [-0.3, -0.25) is 14.6 Å². The lowest BCUT2D eigenvalue weighted by Gasteiger charge is -2.20. The highest BCUT2D eigenvalue weighted by atomic mass is 32.2. The Hall–Kier alpha value is -1.89. The highest BCUT2D eigenvalue weighted by Gasteiger charge is 2.17. The molecule has 2 aromatic carbocycles. The number of carbonyl (C=O) groups excluding carboxylic acids is 1. The number of likely N-dealkylation sites (N-methyl/N-ethyl adjacent to an activating group) is 2. The van der Waals surface area contributed by atoms with Crippen molar-refractivity contribution in [1.82, 2.24) is 9.88 Å². The van der Waals surface area contributed by atoms with Crippen molar-refractivity contribution in [2.24, 2.45) is 0 Å². The van der Waals surface area contributed by atoms with Crippen molar-refractivity contribution in [2.45, 2.75) is 11.4 Å². The van der Waals surface area contributed by atoms with Crippen LogP contribution >= 0.6 is 23.1 Å². The van der Waals surface area contributed by atoms with Gasteiger partial charge in [0, 0.05) is 18.5 Å². The Kier molecular flexibility index (Phi) is 5.73. The van der Waals surface area contributed by atoms with Crippen molar-refractivity contribution in [1.29, 1.82) is 0 Å². The molecule has 3 aromatic rings. The lowest BCUT2D eigenvalue weighted by Crippen LogP contribution is -2.36. The first-order valence-corrected chi connectivity index (χ1v) is 10.0. The molecule has 0 aliphatic heterocycles. The van der Waals surface area contributed by atoms with Gasteiger partial charge < -0.3 is 0 Å². The summed E-state index contributed by atoms with van der Waals surface area (Å²) in [5.41, 5.74) is 2.14. The maximum Gasteiger partial charge on any atom is 0.242 e. The second kappa shape index (κ2) is 7.99. The molecule has 0 saturated heterocycles. The Morgan fingerprint density at radius 3 is 2.52 bits per heavy atom. The van der Waals surface area contributed by atoms with Gasteiger partial charge in [0.15, 0.2) is 5.13 Å². The highest BCUT2D eigenvalue weighted by molar-refractivity contribution is 7.98. The van der Waals surface area contributed by atoms with Gasteiger partial charge in [0.25, 0.3) is 0 Å². The monoisotopic (exact) mass is 371 g/mol. The van der Waals surface area contributed by atoms with Crippen LogP contribution in [-0.4, -0.2) is 42.7 Å². The maximum absolute atomic E-state index is 12.6. The molecular weight excluding hydrogens is 350 g/mol. The number of nitrogens with zero attached hydrogens (tertiary/aromatic N) is 3. The Morgan fingerprint density at radius 2 is 1.84 bits per heavy atom. The maximum atomic E-state index is 12.6. The molecule has 0 aliphatic rings. The Bertz CT molecular complexity index is 827. The molecule has 130 valence electrons. The summed E-state index contributed by atoms with van der Waals surface area (Å²) in [5, 5.41) is 0.740. The summed E-state index contributed by atoms with van der Waals surface area (Å²) < 4.78 is 1.10. The predicted octanol–water partition coefficient (Wildman–Crippen LogP) is 4.11. The molecule has 0 N–H and O–H groups in total. The number of aromatic nitrogens is 1. The van der Waals surface area contributed by atoms with Crippen molar-refractivity contribution in [3.8, 4) is 0 Å². The van der Waals surface area contributed by atoms with E-state index in [1.165, 1.54) is 10.5 Å². The average Bonchev–Trinajstić information content (AvgIpc) is 3.05. The van der Waals surface area contributed by atoms with E-state index in [1.807, 2.05) is 36.2 Å². The second-order valence-corrected chi connectivity index (χ2v) is 7.83. The summed E-state index contributed by atoms with van der Waals surface area (Å²) in [4.78, 5) is 22.0. The number of anilines is 1. The topological polar surface area (TPSA) is 36.4 Å². The van der Waals surface area contributed by atoms with E-state index in [2.05, 4.69) is 35.5 Å². The molecule has 0 bridgehead atoms. The van der Waals surface area contributed by atoms with Crippen LogP contribution in [0.25, 0.3) is 10.2 Å². The summed E-state index contributed by atoms with van der Waals surface area (Å²) >= 11 is 3.27. The number of thiazole rings is 1. The lowest BCUT2D eigenvalue weighted by atomic mass is 10.2. The summed E-state index contributed by atoms with van der Waals surface area (Å²) in [6, 6.07) is 16.4. The highest BCUT2D eigenvalue weighted by Crippen LogP contribution is 2.27. The van der Waals surface area contributed by atoms with Crippen LogP contribution in [0.5, 0.6) is 0 Å². The van der Waals surface area contributed by atoms with Crippen LogP contribution in [-0.2, 0) is 11.3 Å². The minimum absolute atomic E-state index is 0.0438. The number of para-hydroxylation sites is 1. The molecule has 0 radical (unpaired) electrons. The number of benzene rings is 2. The van der Waals surface area contributed by atoms with Gasteiger partial charge >= 0.3 is 0 Å². The van der Waals surface area contributed by atoms with E-state index in [1.54, 1.807) is 35.0 Å². The average molecular weight is 372 g/mol. The molecule has 4 nitrogen and oxygen atoms in total. The molecule has 0 atom stereocenters. The number of hydrogen-bond acceptors (Lipinski definition) is 5. The van der Waals surface area contributed by atoms with Crippen LogP contribution < -0.4 is 4.90 Å². The quantitative estimate of drug-likeness (QED) is 0.611. The largest absolute Gasteiger partial charge is 0.293 e. The van der Waals surface area contributed by atoms with E-state index in [0.29, 0.717) is 6.54 Å². The van der Waals surface area contributed by atoms with Gasteiger partial charge in [0.05, 0.1) is 16.8 Å². The zero-order chi connectivity index (χ0) is 17.8. The first-order chi connectivity index (χ1) is 12.1. The van der Waals surface area contributed by atoms with Crippen LogP contribution in [0.1, 0.15) is 5.56 Å². The molecule has 0 unspecified atom stereocenters. The first-order valence-electron chi connectivity index (χ1n) is 8.00. The van der Waals surface area contributed by atoms with Gasteiger partial charge in [-0.1, -0.05) is 35.6 Å². The van der Waals surface area contributed by atoms with Crippen molar-refractivity contribution in [3.05, 3.63) is 54.1 Å². The molecule has 0 fully saturated rings. The zero-order valence-electron chi connectivity index (χ0n) is 14.6. The number of carbonyl (C=O) groups is 1. The number of amides is 1. The lowest BCUT2D eigenvalue weighted by molar-refractivity contribution is -0.119. The molecule has 1 heterocycles. The number of thioether (sulfide) groups is 1. The van der Waals surface area contributed by atoms with Crippen molar-refractivity contribution in [2.75, 3.05) is 31.8 Å². The predicted molar refractivity (Wildman–Crippen MR) is 108 cm³/mol. The Balaban J connectivity index is 1.61. The van der Waals surface area contributed by atoms with Crippen LogP contribution in [0.15, 0.2) is 53.4 Å². The van der Waals surface area contributed by atoms with Crippen LogP contribution in [0.4, 0.5) is 5.13 Å². The fraction of sp³-hybridized carbons (Fsp3) is 0.263. The smallest absolute Gasteiger partial charge is 0.242 e. The van der Waals surface area contributed by atoms with E-state index in [4.69, 9.17) is 0 Å². The van der Waals surface area contributed by atoms with Gasteiger partial charge in [-0.15, -0.1) is 11.8 Å². The van der Waals surface area contributed by atoms with E-state index in [-0.39, 0.29) is 5.91 Å². The summed E-state index contributed by atoms with van der Waals surface area (Å²) in [5.74, 6) is 0.0438. The van der Waals surface area contributed by atoms with Gasteiger partial charge in [-0.2, -0.15) is 0 Å². The fourth-order valence-electron chi connectivity index (χ4n) is 2.55. The van der Waals surface area contributed by atoms with E-state index < -0.39 is 0 Å². The SMILES string of the molecule is CSc1ccc(CN(C)CC(=O)N(C)c2nc3ccccc3s2)cc1. The third-order valence-electron chi connectivity index (χ3n) is 3.96. The second-order valence-electron chi connectivity index (χ2n) is 5.94. The van der Waals surface area contributed by atoms with Gasteiger partial charge in [-0.25, -0.2) is 4.98 Å². The number of fused-ring (bicyclic) bond motifs is 1. The molecule has 0 spiro atoms. The summed E-state index contributed by atoms with van der Waals surface area (Å²) in [7, 11) is 3.76. The van der Waals surface area contributed by atoms with Crippen LogP contribution in [0.3, 0.4) is 0 Å². The Morgan fingerprint density at radius 1 is 1.12 bits per heavy atom. The molecule has 6 heteroatoms. The molecule has 3 rings (SSSR count). The third-order valence-corrected chi connectivity index (χ3v) is 5.82. The van der Waals surface area contributed by atoms with E-state index >= 15 is 0 Å². The third kappa shape index (κ3) is 4.39. The summed E-state index contributed by atoms with van der Waals surface area (Å²) in [6.45, 7) is 1.10. The number of hydrogen-bond donors (Lipinski definition) is 0. The van der Waals surface area contributed by atoms with Crippen LogP contribution in [0.2, 0.25) is 0 Å². The normalized spacial score (nSPS) is 11.2. The first kappa shape index (κ1) is 17.9. The van der Waals surface area contributed by atoms with E-state index in [0.717, 1.165) is 21.9 Å². The minimum atomic E-state index is 0.0438. The minimum Gasteiger partial charge on any atom is -0.293 e. The molecule has 0 saturated carbocycles.